The van der Waals surface area contributed by atoms with E-state index in [2.05, 4.69) is 27.5 Å². The number of nitrogens with zero attached hydrogens (tertiary/aromatic N) is 3. The van der Waals surface area contributed by atoms with Crippen LogP contribution in [0, 0.1) is 22.7 Å². The molecular weight excluding hydrogens is 785 g/mol. The zero-order chi connectivity index (χ0) is 43.9. The Kier molecular flexibility index (Phi) is 14.4. The van der Waals surface area contributed by atoms with Crippen molar-refractivity contribution in [3.63, 3.8) is 0 Å². The second-order valence-electron chi connectivity index (χ2n) is 17.6. The second kappa shape index (κ2) is 19.0. The molecule has 1 aliphatic rings. The van der Waals surface area contributed by atoms with Gasteiger partial charge in [-0.15, -0.1) is 17.9 Å². The zero-order valence-electron chi connectivity index (χ0n) is 35.5. The summed E-state index contributed by atoms with van der Waals surface area (Å²) >= 11 is 1.27. The Hall–Kier alpha value is -5.83. The van der Waals surface area contributed by atoms with Crippen molar-refractivity contribution in [3.05, 3.63) is 72.6 Å². The number of para-hydroxylation sites is 1. The van der Waals surface area contributed by atoms with Gasteiger partial charge in [0.25, 0.3) is 0 Å². The van der Waals surface area contributed by atoms with Crippen molar-refractivity contribution in [2.75, 3.05) is 24.3 Å². The van der Waals surface area contributed by atoms with Gasteiger partial charge in [-0.2, -0.15) is 0 Å². The molecule has 320 valence electrons. The van der Waals surface area contributed by atoms with Crippen molar-refractivity contribution < 1.29 is 38.6 Å². The molecule has 0 aliphatic carbocycles. The van der Waals surface area contributed by atoms with Crippen LogP contribution in [-0.2, 0) is 24.0 Å². The molecule has 1 saturated heterocycles. The molecule has 1 aliphatic heterocycles. The highest BCUT2D eigenvalue weighted by molar-refractivity contribution is 7.14. The fourth-order valence-corrected chi connectivity index (χ4v) is 7.74. The molecule has 60 heavy (non-hydrogen) atoms. The number of rotatable bonds is 16. The average Bonchev–Trinajstić information content (AvgIpc) is 3.82. The number of carbonyl (C=O) groups is 5. The lowest BCUT2D eigenvalue weighted by molar-refractivity contribution is -0.147. The number of hydrogen-bond donors (Lipinski definition) is 4. The number of amides is 4. The lowest BCUT2D eigenvalue weighted by Gasteiger charge is -2.35. The van der Waals surface area contributed by atoms with Gasteiger partial charge in [0, 0.05) is 47.8 Å². The van der Waals surface area contributed by atoms with Gasteiger partial charge in [0.1, 0.15) is 35.4 Å². The fourth-order valence-electron chi connectivity index (χ4n) is 7.02. The number of ether oxygens (including phenoxy) is 2. The van der Waals surface area contributed by atoms with E-state index in [9.17, 15) is 29.1 Å². The van der Waals surface area contributed by atoms with E-state index < -0.39 is 47.3 Å². The Morgan fingerprint density at radius 1 is 0.983 bits per heavy atom. The second-order valence-corrected chi connectivity index (χ2v) is 18.4. The van der Waals surface area contributed by atoms with Crippen LogP contribution in [0.15, 0.2) is 72.6 Å². The van der Waals surface area contributed by atoms with E-state index in [0.717, 1.165) is 0 Å². The van der Waals surface area contributed by atoms with E-state index >= 15 is 0 Å². The predicted molar refractivity (Wildman–Crippen MR) is 233 cm³/mol. The minimum absolute atomic E-state index is 0.0272. The molecule has 0 bridgehead atoms. The molecule has 2 aromatic heterocycles. The molecule has 3 heterocycles. The summed E-state index contributed by atoms with van der Waals surface area (Å²) < 4.78 is 12.2. The number of carboxylic acids is 1. The number of anilines is 2. The Labute approximate surface area is 355 Å². The number of carboxylic acid groups (broad SMARTS) is 1. The van der Waals surface area contributed by atoms with Gasteiger partial charge in [0.05, 0.1) is 30.8 Å². The van der Waals surface area contributed by atoms with Crippen LogP contribution in [0.25, 0.3) is 22.3 Å². The van der Waals surface area contributed by atoms with Gasteiger partial charge in [-0.1, -0.05) is 72.7 Å². The highest BCUT2D eigenvalue weighted by atomic mass is 32.1. The van der Waals surface area contributed by atoms with Crippen LogP contribution in [0.4, 0.5) is 10.8 Å². The number of aromatic nitrogens is 2. The third-order valence-electron chi connectivity index (χ3n) is 10.2. The first-order valence-electron chi connectivity index (χ1n) is 20.0. The average molecular weight is 841 g/mol. The number of hydrogen-bond acceptors (Lipinski definition) is 10. The molecular formula is C45H56N6O8S. The molecule has 5 rings (SSSR count). The molecule has 1 fully saturated rings. The number of fused-ring (bicyclic) bond motifs is 1. The quantitative estimate of drug-likeness (QED) is 0.0820. The number of allylic oxidation sites excluding steroid dienone is 1. The van der Waals surface area contributed by atoms with Crippen molar-refractivity contribution in [1.82, 2.24) is 20.2 Å². The Balaban J connectivity index is 1.49. The van der Waals surface area contributed by atoms with Crippen LogP contribution in [0.3, 0.4) is 0 Å². The summed E-state index contributed by atoms with van der Waals surface area (Å²) in [4.78, 5) is 78.2. The van der Waals surface area contributed by atoms with E-state index in [1.807, 2.05) is 47.6 Å². The Bertz CT molecular complexity index is 2210. The van der Waals surface area contributed by atoms with Crippen LogP contribution >= 0.6 is 11.3 Å². The van der Waals surface area contributed by atoms with Gasteiger partial charge < -0.3 is 35.4 Å². The first-order chi connectivity index (χ1) is 28.2. The largest absolute Gasteiger partial charge is 0.497 e. The Morgan fingerprint density at radius 3 is 2.33 bits per heavy atom. The molecule has 0 unspecified atom stereocenters. The van der Waals surface area contributed by atoms with E-state index in [4.69, 9.17) is 14.5 Å². The zero-order valence-corrected chi connectivity index (χ0v) is 36.4. The van der Waals surface area contributed by atoms with E-state index in [1.165, 1.54) is 16.2 Å². The third kappa shape index (κ3) is 11.9. The third-order valence-corrected chi connectivity index (χ3v) is 11.0. The van der Waals surface area contributed by atoms with Gasteiger partial charge in [-0.3, -0.25) is 19.2 Å². The normalized spacial score (nSPS) is 17.0. The summed E-state index contributed by atoms with van der Waals surface area (Å²) in [6.45, 7) is 17.1. The van der Waals surface area contributed by atoms with Gasteiger partial charge >= 0.3 is 5.97 Å². The van der Waals surface area contributed by atoms with Crippen molar-refractivity contribution >= 4 is 62.7 Å². The number of methoxy groups -OCH3 is 1. The molecule has 4 N–H and O–H groups in total. The summed E-state index contributed by atoms with van der Waals surface area (Å²) in [6, 6.07) is 13.6. The number of pyridine rings is 1. The van der Waals surface area contributed by atoms with Crippen LogP contribution in [-0.4, -0.2) is 81.4 Å². The van der Waals surface area contributed by atoms with E-state index in [1.54, 1.807) is 74.0 Å². The summed E-state index contributed by atoms with van der Waals surface area (Å²) in [5.74, 6) is -2.91. The molecule has 0 spiro atoms. The lowest BCUT2D eigenvalue weighted by atomic mass is 9.77. The summed E-state index contributed by atoms with van der Waals surface area (Å²) in [5.41, 5.74) is 1.16. The van der Waals surface area contributed by atoms with E-state index in [-0.39, 0.29) is 49.0 Å². The van der Waals surface area contributed by atoms with Crippen molar-refractivity contribution in [3.8, 4) is 22.9 Å². The van der Waals surface area contributed by atoms with Crippen molar-refractivity contribution in [2.45, 2.75) is 92.3 Å². The monoisotopic (exact) mass is 840 g/mol. The smallest absolute Gasteiger partial charge is 0.326 e. The highest BCUT2D eigenvalue weighted by Crippen LogP contribution is 2.38. The predicted octanol–water partition coefficient (Wildman–Crippen LogP) is 7.56. The molecule has 14 nitrogen and oxygen atoms in total. The van der Waals surface area contributed by atoms with Crippen LogP contribution in [0.2, 0.25) is 0 Å². The molecule has 2 aromatic carbocycles. The first kappa shape index (κ1) is 45.3. The van der Waals surface area contributed by atoms with Crippen molar-refractivity contribution in [2.24, 2.45) is 22.7 Å². The fraction of sp³-hybridized carbons (Fsp3) is 0.444. The topological polar surface area (TPSA) is 189 Å². The molecule has 15 heteroatoms. The molecule has 4 amide bonds. The van der Waals surface area contributed by atoms with Gasteiger partial charge in [0.2, 0.25) is 23.6 Å². The van der Waals surface area contributed by atoms with Gasteiger partial charge in [0.15, 0.2) is 5.13 Å². The highest BCUT2D eigenvalue weighted by Gasteiger charge is 2.46. The van der Waals surface area contributed by atoms with Crippen LogP contribution in [0.5, 0.6) is 11.5 Å². The van der Waals surface area contributed by atoms with E-state index in [0.29, 0.717) is 51.0 Å². The minimum atomic E-state index is -1.24. The SMILES string of the molecule is C=C[C@@H](C)C[C@@H](NC(=O)[C@@H]1C[C@@H](Oc2cc(-c3csc(NC(=O)CC(C)(C)C)n3)nc3cc(OC)ccc23)CN1C(=O)[C@@H](CC(=O)Nc1ccccc1)C(C)(C)C)C(=O)O. The number of aliphatic carboxylic acids is 1. The summed E-state index contributed by atoms with van der Waals surface area (Å²) in [6.07, 6.45) is 1.17. The number of likely N-dealkylation sites (tertiary alicyclic amines) is 1. The number of nitrogens with one attached hydrogen (secondary N) is 3. The number of thiazole rings is 1. The molecule has 5 atom stereocenters. The maximum absolute atomic E-state index is 14.7. The summed E-state index contributed by atoms with van der Waals surface area (Å²) in [7, 11) is 1.55. The van der Waals surface area contributed by atoms with Gasteiger partial charge in [-0.05, 0) is 47.4 Å². The summed E-state index contributed by atoms with van der Waals surface area (Å²) in [5, 5.41) is 21.3. The molecule has 0 radical (unpaired) electrons. The van der Waals surface area contributed by atoms with Gasteiger partial charge in [-0.25, -0.2) is 14.8 Å². The minimum Gasteiger partial charge on any atom is -0.497 e. The van der Waals surface area contributed by atoms with Crippen molar-refractivity contribution in [1.29, 1.82) is 0 Å². The first-order valence-corrected chi connectivity index (χ1v) is 20.8. The number of carbonyl (C=O) groups excluding carboxylic acids is 4. The van der Waals surface area contributed by atoms with Crippen LogP contribution in [0.1, 0.15) is 74.1 Å². The lowest BCUT2D eigenvalue weighted by Crippen LogP contribution is -2.53. The maximum atomic E-state index is 14.7. The molecule has 0 saturated carbocycles. The Morgan fingerprint density at radius 2 is 1.70 bits per heavy atom. The standard InChI is InChI=1S/C45H56N6O8S/c1-10-26(2)18-34(42(56)57)48-40(54)36-20-29(24-51(36)41(55)31(45(6,7)8)21-38(52)46-27-14-12-11-13-15-27)59-37-22-33(47-32-19-28(58-9)16-17-30(32)37)35-25-60-43(49-35)50-39(53)23-44(3,4)5/h10-17,19,22,25-26,29,31,34,36H,1,18,20-21,23-24H2,2-9H3,(H,46,52)(H,48,54)(H,56,57)(H,49,50,53)/t26-,29-,31-,34-,36+/m1/s1. The van der Waals surface area contributed by atoms with Crippen LogP contribution < -0.4 is 25.4 Å². The molecule has 4 aromatic rings. The maximum Gasteiger partial charge on any atom is 0.326 e. The number of benzene rings is 2.